The van der Waals surface area contributed by atoms with Gasteiger partial charge in [0.1, 0.15) is 5.01 Å². The number of nitrogens with zero attached hydrogens (tertiary/aromatic N) is 1. The number of carbonyl (C=O) groups is 1. The highest BCUT2D eigenvalue weighted by atomic mass is 32.1. The predicted molar refractivity (Wildman–Crippen MR) is 66.1 cm³/mol. The topological polar surface area (TPSA) is 68.0 Å². The minimum Gasteiger partial charge on any atom is -0.348 e. The molecule has 1 aromatic heterocycles. The van der Waals surface area contributed by atoms with Gasteiger partial charge in [-0.15, -0.1) is 11.3 Å². The number of aryl methyl sites for hydroxylation is 1. The van der Waals surface area contributed by atoms with Gasteiger partial charge in [-0.3, -0.25) is 4.79 Å². The van der Waals surface area contributed by atoms with Crippen LogP contribution < -0.4 is 11.1 Å². The Bertz CT molecular complexity index is 349. The minimum absolute atomic E-state index is 0.0958. The Morgan fingerprint density at radius 2 is 2.31 bits per heavy atom. The lowest BCUT2D eigenvalue weighted by Crippen LogP contribution is -2.40. The summed E-state index contributed by atoms with van der Waals surface area (Å²) in [5.41, 5.74) is 5.76. The molecule has 0 aromatic carbocycles. The zero-order valence-corrected chi connectivity index (χ0v) is 10.8. The molecular formula is C11H19N3OS. The third-order valence-electron chi connectivity index (χ3n) is 2.15. The van der Waals surface area contributed by atoms with Gasteiger partial charge in [0.15, 0.2) is 0 Å². The van der Waals surface area contributed by atoms with Crippen LogP contribution in [0, 0.1) is 12.8 Å². The fourth-order valence-electron chi connectivity index (χ4n) is 1.39. The second kappa shape index (κ2) is 5.96. The van der Waals surface area contributed by atoms with E-state index in [0.717, 1.165) is 9.88 Å². The van der Waals surface area contributed by atoms with Crippen LogP contribution in [0.5, 0.6) is 0 Å². The van der Waals surface area contributed by atoms with Crippen molar-refractivity contribution >= 4 is 17.2 Å². The molecule has 0 saturated carbocycles. The van der Waals surface area contributed by atoms with Crippen LogP contribution >= 0.6 is 11.3 Å². The first-order valence-electron chi connectivity index (χ1n) is 5.43. The molecule has 1 aromatic rings. The summed E-state index contributed by atoms with van der Waals surface area (Å²) in [4.78, 5) is 16.9. The van der Waals surface area contributed by atoms with Crippen LogP contribution in [0.1, 0.15) is 30.2 Å². The van der Waals surface area contributed by atoms with Crippen molar-refractivity contribution in [2.75, 3.05) is 0 Å². The molecular weight excluding hydrogens is 222 g/mol. The number of carbonyl (C=O) groups excluding carboxylic acids is 1. The summed E-state index contributed by atoms with van der Waals surface area (Å²) in [5, 5.41) is 3.72. The van der Waals surface area contributed by atoms with Crippen molar-refractivity contribution in [3.8, 4) is 0 Å². The van der Waals surface area contributed by atoms with Gasteiger partial charge in [0.25, 0.3) is 0 Å². The lowest BCUT2D eigenvalue weighted by molar-refractivity contribution is -0.122. The second-order valence-corrected chi connectivity index (χ2v) is 5.64. The molecule has 1 atom stereocenters. The number of rotatable bonds is 5. The summed E-state index contributed by atoms with van der Waals surface area (Å²) in [6.45, 7) is 6.57. The highest BCUT2D eigenvalue weighted by molar-refractivity contribution is 7.11. The molecule has 4 nitrogen and oxygen atoms in total. The Kier molecular flexibility index (Phi) is 4.89. The third-order valence-corrected chi connectivity index (χ3v) is 3.06. The molecule has 0 saturated heterocycles. The van der Waals surface area contributed by atoms with Crippen LogP contribution in [-0.2, 0) is 11.3 Å². The first kappa shape index (κ1) is 13.1. The Hall–Kier alpha value is -0.940. The van der Waals surface area contributed by atoms with Gasteiger partial charge in [-0.05, 0) is 19.3 Å². The normalized spacial score (nSPS) is 12.8. The molecule has 1 amide bonds. The van der Waals surface area contributed by atoms with Gasteiger partial charge in [0, 0.05) is 11.1 Å². The van der Waals surface area contributed by atoms with Gasteiger partial charge in [-0.2, -0.15) is 0 Å². The van der Waals surface area contributed by atoms with Crippen molar-refractivity contribution in [2.24, 2.45) is 11.7 Å². The predicted octanol–water partition coefficient (Wildman–Crippen LogP) is 1.44. The van der Waals surface area contributed by atoms with Crippen LogP contribution in [0.15, 0.2) is 6.20 Å². The van der Waals surface area contributed by atoms with Gasteiger partial charge in [-0.25, -0.2) is 4.98 Å². The molecule has 5 heteroatoms. The fraction of sp³-hybridized carbons (Fsp3) is 0.636. The maximum atomic E-state index is 11.6. The van der Waals surface area contributed by atoms with Crippen LogP contribution in [0.4, 0.5) is 0 Å². The van der Waals surface area contributed by atoms with Gasteiger partial charge in [0.05, 0.1) is 12.6 Å². The Morgan fingerprint density at radius 3 is 2.81 bits per heavy atom. The Labute approximate surface area is 100 Å². The third kappa shape index (κ3) is 4.28. The SMILES string of the molecule is Cc1cnc(CNC(=O)C(N)CC(C)C)s1. The summed E-state index contributed by atoms with van der Waals surface area (Å²) >= 11 is 1.59. The van der Waals surface area contributed by atoms with Crippen molar-refractivity contribution in [2.45, 2.75) is 39.8 Å². The average Bonchev–Trinajstić information content (AvgIpc) is 2.59. The maximum Gasteiger partial charge on any atom is 0.237 e. The van der Waals surface area contributed by atoms with Crippen LogP contribution in [0.3, 0.4) is 0 Å². The van der Waals surface area contributed by atoms with E-state index in [1.54, 1.807) is 17.5 Å². The van der Waals surface area contributed by atoms with E-state index < -0.39 is 6.04 Å². The van der Waals surface area contributed by atoms with E-state index in [2.05, 4.69) is 24.1 Å². The van der Waals surface area contributed by atoms with Gasteiger partial charge in [0.2, 0.25) is 5.91 Å². The molecule has 1 unspecified atom stereocenters. The van der Waals surface area contributed by atoms with E-state index in [9.17, 15) is 4.79 Å². The zero-order chi connectivity index (χ0) is 12.1. The number of hydrogen-bond acceptors (Lipinski definition) is 4. The van der Waals surface area contributed by atoms with Gasteiger partial charge >= 0.3 is 0 Å². The fourth-order valence-corrected chi connectivity index (χ4v) is 2.12. The number of nitrogens with one attached hydrogen (secondary N) is 1. The Balaban J connectivity index is 2.35. The number of nitrogens with two attached hydrogens (primary N) is 1. The minimum atomic E-state index is -0.416. The molecule has 1 rings (SSSR count). The Morgan fingerprint density at radius 1 is 1.62 bits per heavy atom. The monoisotopic (exact) mass is 241 g/mol. The molecule has 1 heterocycles. The lowest BCUT2D eigenvalue weighted by atomic mass is 10.0. The highest BCUT2D eigenvalue weighted by Crippen LogP contribution is 2.10. The first-order chi connectivity index (χ1) is 7.49. The molecule has 0 bridgehead atoms. The summed E-state index contributed by atoms with van der Waals surface area (Å²) < 4.78 is 0. The van der Waals surface area contributed by atoms with E-state index in [1.807, 2.05) is 6.92 Å². The number of aromatic nitrogens is 1. The second-order valence-electron chi connectivity index (χ2n) is 4.32. The maximum absolute atomic E-state index is 11.6. The number of thiazole rings is 1. The van der Waals surface area contributed by atoms with E-state index in [0.29, 0.717) is 18.9 Å². The number of amides is 1. The van der Waals surface area contributed by atoms with Crippen LogP contribution in [0.2, 0.25) is 0 Å². The van der Waals surface area contributed by atoms with Gasteiger partial charge in [-0.1, -0.05) is 13.8 Å². The molecule has 0 spiro atoms. The van der Waals surface area contributed by atoms with E-state index in [4.69, 9.17) is 5.73 Å². The zero-order valence-electron chi connectivity index (χ0n) is 9.99. The van der Waals surface area contributed by atoms with Crippen molar-refractivity contribution in [3.05, 3.63) is 16.1 Å². The van der Waals surface area contributed by atoms with Crippen molar-refractivity contribution in [1.29, 1.82) is 0 Å². The van der Waals surface area contributed by atoms with E-state index in [1.165, 1.54) is 0 Å². The molecule has 90 valence electrons. The summed E-state index contributed by atoms with van der Waals surface area (Å²) in [6, 6.07) is -0.416. The largest absolute Gasteiger partial charge is 0.348 e. The van der Waals surface area contributed by atoms with E-state index in [-0.39, 0.29) is 5.91 Å². The van der Waals surface area contributed by atoms with Crippen molar-refractivity contribution in [3.63, 3.8) is 0 Å². The van der Waals surface area contributed by atoms with Gasteiger partial charge < -0.3 is 11.1 Å². The molecule has 0 aliphatic carbocycles. The summed E-state index contributed by atoms with van der Waals surface area (Å²) in [6.07, 6.45) is 2.52. The quantitative estimate of drug-likeness (QED) is 0.819. The molecule has 3 N–H and O–H groups in total. The molecule has 0 aliphatic rings. The average molecular weight is 241 g/mol. The highest BCUT2D eigenvalue weighted by Gasteiger charge is 2.14. The lowest BCUT2D eigenvalue weighted by Gasteiger charge is -2.13. The first-order valence-corrected chi connectivity index (χ1v) is 6.25. The summed E-state index contributed by atoms with van der Waals surface area (Å²) in [7, 11) is 0. The molecule has 0 radical (unpaired) electrons. The number of hydrogen-bond donors (Lipinski definition) is 2. The molecule has 0 aliphatic heterocycles. The smallest absolute Gasteiger partial charge is 0.237 e. The van der Waals surface area contributed by atoms with Crippen LogP contribution in [-0.4, -0.2) is 16.9 Å². The molecule has 0 fully saturated rings. The van der Waals surface area contributed by atoms with Crippen molar-refractivity contribution < 1.29 is 4.79 Å². The van der Waals surface area contributed by atoms with Crippen molar-refractivity contribution in [1.82, 2.24) is 10.3 Å². The summed E-state index contributed by atoms with van der Waals surface area (Å²) in [5.74, 6) is 0.337. The van der Waals surface area contributed by atoms with Crippen LogP contribution in [0.25, 0.3) is 0 Å². The van der Waals surface area contributed by atoms with E-state index >= 15 is 0 Å². The standard InChI is InChI=1S/C11H19N3OS/c1-7(2)4-9(12)11(15)14-6-10-13-5-8(3)16-10/h5,7,9H,4,6,12H2,1-3H3,(H,14,15). The molecule has 16 heavy (non-hydrogen) atoms.